The first-order valence-electron chi connectivity index (χ1n) is 7.61. The highest BCUT2D eigenvalue weighted by Gasteiger charge is 2.39. The van der Waals surface area contributed by atoms with E-state index in [9.17, 15) is 18.0 Å². The second kappa shape index (κ2) is 5.76. The maximum Gasteiger partial charge on any atom is 0.350 e. The summed E-state index contributed by atoms with van der Waals surface area (Å²) in [6.07, 6.45) is 2.98. The van der Waals surface area contributed by atoms with E-state index in [0.717, 1.165) is 5.56 Å². The molecular weight excluding hydrogens is 348 g/mol. The van der Waals surface area contributed by atoms with Crippen molar-refractivity contribution in [3.8, 4) is 0 Å². The number of nitrogens with one attached hydrogen (secondary N) is 1. The summed E-state index contributed by atoms with van der Waals surface area (Å²) in [6.45, 7) is 3.34. The largest absolute Gasteiger partial charge is 0.419 e. The Morgan fingerprint density at radius 1 is 1.20 bits per heavy atom. The first kappa shape index (κ1) is 17.3. The number of hydrogen-bond acceptors (Lipinski definition) is 7. The number of nitrogens with zero attached hydrogens (tertiary/aromatic N) is 1. The Morgan fingerprint density at radius 2 is 1.84 bits per heavy atom. The summed E-state index contributed by atoms with van der Waals surface area (Å²) in [5.41, 5.74) is 1.88. The van der Waals surface area contributed by atoms with Gasteiger partial charge in [-0.25, -0.2) is 18.0 Å². The zero-order valence-corrected chi connectivity index (χ0v) is 14.8. The molecule has 2 aliphatic heterocycles. The monoisotopic (exact) mass is 366 g/mol. The Balaban J connectivity index is 1.79. The summed E-state index contributed by atoms with van der Waals surface area (Å²) in [7, 11) is -3.31. The molecule has 1 saturated heterocycles. The molecule has 0 saturated carbocycles. The quantitative estimate of drug-likeness (QED) is 0.486. The first-order valence-corrected chi connectivity index (χ1v) is 9.46. The van der Waals surface area contributed by atoms with E-state index < -0.39 is 27.7 Å². The fourth-order valence-corrected chi connectivity index (χ4v) is 3.70. The average Bonchev–Trinajstić information content (AvgIpc) is 2.88. The van der Waals surface area contributed by atoms with Gasteiger partial charge in [0.1, 0.15) is 0 Å². The van der Waals surface area contributed by atoms with Crippen LogP contribution in [0.5, 0.6) is 0 Å². The second-order valence-electron chi connectivity index (χ2n) is 6.31. The van der Waals surface area contributed by atoms with Gasteiger partial charge in [-0.05, 0) is 30.2 Å². The summed E-state index contributed by atoms with van der Waals surface area (Å²) in [6, 6.07) is 5.13. The molecule has 1 N–H and O–H groups in total. The molecule has 1 fully saturated rings. The van der Waals surface area contributed by atoms with Gasteiger partial charge in [0.15, 0.2) is 5.57 Å². The Labute approximate surface area is 145 Å². The number of fused-ring (bicyclic) bond motifs is 1. The van der Waals surface area contributed by atoms with Crippen LogP contribution in [0.15, 0.2) is 30.0 Å². The van der Waals surface area contributed by atoms with Crippen molar-refractivity contribution in [2.45, 2.75) is 26.1 Å². The Hall–Kier alpha value is -2.55. The molecule has 1 aromatic carbocycles. The van der Waals surface area contributed by atoms with Crippen LogP contribution >= 0.6 is 0 Å². The van der Waals surface area contributed by atoms with Gasteiger partial charge in [-0.2, -0.15) is 0 Å². The summed E-state index contributed by atoms with van der Waals surface area (Å²) < 4.78 is 34.8. The van der Waals surface area contributed by atoms with E-state index in [1.807, 2.05) is 0 Å². The van der Waals surface area contributed by atoms with E-state index in [0.29, 0.717) is 24.3 Å². The van der Waals surface area contributed by atoms with Crippen molar-refractivity contribution in [3.05, 3.63) is 35.5 Å². The van der Waals surface area contributed by atoms with Gasteiger partial charge in [0.25, 0.3) is 5.79 Å². The topological polar surface area (TPSA) is 102 Å². The van der Waals surface area contributed by atoms with Gasteiger partial charge >= 0.3 is 11.9 Å². The molecule has 1 aromatic rings. The third kappa shape index (κ3) is 3.46. The van der Waals surface area contributed by atoms with Crippen molar-refractivity contribution in [2.24, 2.45) is 0 Å². The lowest BCUT2D eigenvalue weighted by atomic mass is 10.1. The minimum absolute atomic E-state index is 0.238. The van der Waals surface area contributed by atoms with Crippen LogP contribution in [-0.4, -0.2) is 38.9 Å². The maximum atomic E-state index is 11.9. The third-order valence-corrected chi connectivity index (χ3v) is 5.01. The van der Waals surface area contributed by atoms with Crippen LogP contribution in [0.4, 0.5) is 11.4 Å². The summed E-state index contributed by atoms with van der Waals surface area (Å²) in [4.78, 5) is 23.8. The number of hydrogen-bond donors (Lipinski definition) is 1. The van der Waals surface area contributed by atoms with Crippen molar-refractivity contribution in [3.63, 3.8) is 0 Å². The van der Waals surface area contributed by atoms with Gasteiger partial charge < -0.3 is 14.8 Å². The van der Waals surface area contributed by atoms with Crippen LogP contribution in [0.25, 0.3) is 0 Å². The lowest BCUT2D eigenvalue weighted by Gasteiger charge is -2.29. The van der Waals surface area contributed by atoms with Crippen molar-refractivity contribution < 1.29 is 27.5 Å². The number of anilines is 2. The molecule has 0 aromatic heterocycles. The molecule has 0 spiro atoms. The minimum Gasteiger partial charge on any atom is -0.419 e. The number of cyclic esters (lactones) is 2. The Bertz CT molecular complexity index is 866. The van der Waals surface area contributed by atoms with Crippen molar-refractivity contribution in [2.75, 3.05) is 22.4 Å². The van der Waals surface area contributed by atoms with E-state index >= 15 is 0 Å². The average molecular weight is 366 g/mol. The highest BCUT2D eigenvalue weighted by atomic mass is 32.2. The number of sulfonamides is 1. The fourth-order valence-electron chi connectivity index (χ4n) is 2.74. The van der Waals surface area contributed by atoms with Crippen molar-refractivity contribution >= 4 is 33.3 Å². The van der Waals surface area contributed by atoms with Gasteiger partial charge in [0.2, 0.25) is 10.0 Å². The second-order valence-corrected chi connectivity index (χ2v) is 8.22. The van der Waals surface area contributed by atoms with Gasteiger partial charge in [-0.15, -0.1) is 0 Å². The van der Waals surface area contributed by atoms with E-state index in [2.05, 4.69) is 5.32 Å². The van der Waals surface area contributed by atoms with Crippen molar-refractivity contribution in [1.82, 2.24) is 0 Å². The highest BCUT2D eigenvalue weighted by Crippen LogP contribution is 2.32. The van der Waals surface area contributed by atoms with E-state index in [1.54, 1.807) is 18.2 Å². The fraction of sp³-hybridized carbons (Fsp3) is 0.375. The molecule has 0 bridgehead atoms. The lowest BCUT2D eigenvalue weighted by molar-refractivity contribution is -0.222. The third-order valence-electron chi connectivity index (χ3n) is 3.83. The smallest absolute Gasteiger partial charge is 0.350 e. The molecule has 2 aliphatic rings. The predicted octanol–water partition coefficient (Wildman–Crippen LogP) is 1.14. The highest BCUT2D eigenvalue weighted by molar-refractivity contribution is 7.92. The molecule has 134 valence electrons. The number of benzene rings is 1. The number of carbonyl (C=O) groups excluding carboxylic acids is 2. The SMILES string of the molecule is CC1(C)OC(=O)C(=CNc2ccc3c(c2)CCN3S(C)(=O)=O)C(=O)O1. The molecule has 0 aliphatic carbocycles. The molecule has 8 nitrogen and oxygen atoms in total. The lowest BCUT2D eigenvalue weighted by Crippen LogP contribution is -2.42. The van der Waals surface area contributed by atoms with Gasteiger partial charge in [0, 0.05) is 32.3 Å². The molecule has 0 atom stereocenters. The normalized spacial score (nSPS) is 19.2. The van der Waals surface area contributed by atoms with E-state index in [1.165, 1.54) is 30.6 Å². The molecule has 0 unspecified atom stereocenters. The van der Waals surface area contributed by atoms with Gasteiger partial charge in [-0.3, -0.25) is 4.31 Å². The first-order chi connectivity index (χ1) is 11.6. The van der Waals surface area contributed by atoms with Gasteiger partial charge in [-0.1, -0.05) is 0 Å². The number of rotatable bonds is 3. The summed E-state index contributed by atoms with van der Waals surface area (Å²) in [5, 5.41) is 2.85. The summed E-state index contributed by atoms with van der Waals surface area (Å²) >= 11 is 0. The zero-order valence-electron chi connectivity index (χ0n) is 14.0. The molecule has 0 radical (unpaired) electrons. The number of carbonyl (C=O) groups is 2. The van der Waals surface area contributed by atoms with Gasteiger partial charge in [0.05, 0.1) is 11.9 Å². The Morgan fingerprint density at radius 3 is 2.44 bits per heavy atom. The zero-order chi connectivity index (χ0) is 18.4. The molecule has 2 heterocycles. The Kier molecular flexibility index (Phi) is 3.98. The maximum absolute atomic E-state index is 11.9. The van der Waals surface area contributed by atoms with Crippen LogP contribution in [0.1, 0.15) is 19.4 Å². The van der Waals surface area contributed by atoms with E-state index in [4.69, 9.17) is 9.47 Å². The minimum atomic E-state index is -3.31. The van der Waals surface area contributed by atoms with Crippen LogP contribution < -0.4 is 9.62 Å². The van der Waals surface area contributed by atoms with Crippen LogP contribution in [0.3, 0.4) is 0 Å². The van der Waals surface area contributed by atoms with Crippen LogP contribution in [0.2, 0.25) is 0 Å². The predicted molar refractivity (Wildman–Crippen MR) is 90.3 cm³/mol. The standard InChI is InChI=1S/C16H18N2O6S/c1-16(2)23-14(19)12(15(20)24-16)9-17-11-4-5-13-10(8-11)6-7-18(13)25(3,21)22/h4-5,8-9,17H,6-7H2,1-3H3. The van der Waals surface area contributed by atoms with E-state index in [-0.39, 0.29) is 5.57 Å². The molecule has 0 amide bonds. The van der Waals surface area contributed by atoms with Crippen LogP contribution in [-0.2, 0) is 35.5 Å². The van der Waals surface area contributed by atoms with Crippen molar-refractivity contribution in [1.29, 1.82) is 0 Å². The number of ether oxygens (including phenoxy) is 2. The molecular formula is C16H18N2O6S. The number of esters is 2. The molecule has 3 rings (SSSR count). The van der Waals surface area contributed by atoms with Crippen LogP contribution in [0, 0.1) is 0 Å². The molecule has 9 heteroatoms. The molecule has 25 heavy (non-hydrogen) atoms. The summed E-state index contributed by atoms with van der Waals surface area (Å²) in [5.74, 6) is -2.81.